The van der Waals surface area contributed by atoms with E-state index in [9.17, 15) is 30.6 Å². The van der Waals surface area contributed by atoms with E-state index in [1.807, 2.05) is 0 Å². The highest BCUT2D eigenvalue weighted by molar-refractivity contribution is 7.81. The Bertz CT molecular complexity index is 1910. The summed E-state index contributed by atoms with van der Waals surface area (Å²) in [5.74, 6) is 2.68. The van der Waals surface area contributed by atoms with E-state index in [-0.39, 0.29) is 6.61 Å². The van der Waals surface area contributed by atoms with E-state index >= 15 is 0 Å². The Hall–Kier alpha value is -1.65. The van der Waals surface area contributed by atoms with Gasteiger partial charge in [0.25, 0.3) is 0 Å². The van der Waals surface area contributed by atoms with Gasteiger partial charge in [0.05, 0.1) is 13.2 Å². The lowest BCUT2D eigenvalue weighted by Crippen LogP contribution is -2.62. The number of nitrogens with two attached hydrogens (primary N) is 1. The Morgan fingerprint density at radius 1 is 0.391 bits per heavy atom. The summed E-state index contributed by atoms with van der Waals surface area (Å²) in [6.07, 6.45) is -12.4. The van der Waals surface area contributed by atoms with Crippen LogP contribution in [0.3, 0.4) is 0 Å². The fourth-order valence-electron chi connectivity index (χ4n) is 2.71. The van der Waals surface area contributed by atoms with Crippen molar-refractivity contribution in [1.29, 1.82) is 0 Å². The van der Waals surface area contributed by atoms with Crippen LogP contribution < -0.4 is 5.90 Å². The molecule has 27 N–H and O–H groups in total. The molecule has 57 heteroatoms. The number of ether oxygens (including phenoxy) is 3. The van der Waals surface area contributed by atoms with Gasteiger partial charge in [0.1, 0.15) is 49.3 Å². The first-order chi connectivity index (χ1) is 29.3. The highest BCUT2D eigenvalue weighted by Gasteiger charge is 2.58. The molecule has 2 fully saturated rings. The Kier molecular flexibility index (Phi) is 43.3. The van der Waals surface area contributed by atoms with E-state index in [1.165, 1.54) is 0 Å². The molecule has 0 bridgehead atoms. The SMILES string of the molecule is NOC[C@H]1O[C@H](O[C@]2(CO)O[C@H](CO)[C@@H](O)[C@@H]2O)[C@H](O)[C@@H](O)[C@@H]1O.O=S(=O)(O)O.O=S(=O)(O)O.O=S(=O)(O)O.O=S(=O)(O)O.O=S(=O)(O)O.O=S(=O)(O)O.O=S(=O)(O)O.O=S(=O)(O)O.O=S(=O)(O)O. The molecule has 2 aliphatic heterocycles. The molecule has 48 nitrogen and oxygen atoms in total. The predicted molar refractivity (Wildman–Crippen MR) is 199 cm³/mol. The molecule has 0 aliphatic carbocycles. The van der Waals surface area contributed by atoms with Gasteiger partial charge >= 0.3 is 93.6 Å². The second-order valence-electron chi connectivity index (χ2n) is 9.74. The van der Waals surface area contributed by atoms with E-state index in [0.29, 0.717) is 0 Å². The zero-order valence-electron chi connectivity index (χ0n) is 31.7. The average molecular weight is 1240 g/mol. The van der Waals surface area contributed by atoms with Crippen LogP contribution in [0.5, 0.6) is 0 Å². The van der Waals surface area contributed by atoms with Crippen LogP contribution in [0, 0.1) is 0 Å². The van der Waals surface area contributed by atoms with Crippen LogP contribution >= 0.6 is 0 Å². The molecular formula is C12H41NO47S9. The number of hydrogen-bond donors (Lipinski definition) is 26. The van der Waals surface area contributed by atoms with Crippen LogP contribution in [-0.2, 0) is 113 Å². The van der Waals surface area contributed by atoms with Gasteiger partial charge in [-0.05, 0) is 0 Å². The Balaban J connectivity index is -0.000000114. The molecular weight excluding hydrogens is 1200 g/mol. The largest absolute Gasteiger partial charge is 0.394 e. The van der Waals surface area contributed by atoms with Crippen molar-refractivity contribution >= 4 is 93.6 Å². The quantitative estimate of drug-likeness (QED) is 0.0867. The first kappa shape index (κ1) is 84.2. The second kappa shape index (κ2) is 35.5. The van der Waals surface area contributed by atoms with Crippen molar-refractivity contribution in [2.75, 3.05) is 19.8 Å². The van der Waals surface area contributed by atoms with Crippen molar-refractivity contribution in [1.82, 2.24) is 0 Å². The maximum absolute atomic E-state index is 10.0. The molecule has 0 aromatic rings. The zero-order valence-corrected chi connectivity index (χ0v) is 39.0. The molecule has 2 saturated heterocycles. The number of aliphatic hydroxyl groups excluding tert-OH is 7. The zero-order chi connectivity index (χ0) is 58.6. The molecule has 0 aromatic heterocycles. The van der Waals surface area contributed by atoms with E-state index in [2.05, 4.69) is 4.84 Å². The summed E-state index contributed by atoms with van der Waals surface area (Å²) >= 11 is 0. The molecule has 430 valence electrons. The molecule has 0 unspecified atom stereocenters. The van der Waals surface area contributed by atoms with Crippen molar-refractivity contribution in [2.24, 2.45) is 5.90 Å². The molecule has 0 amide bonds. The smallest absolute Gasteiger partial charge is 0.394 e. The minimum atomic E-state index is -4.67. The molecule has 9 atom stereocenters. The molecule has 69 heavy (non-hydrogen) atoms. The third-order valence-corrected chi connectivity index (χ3v) is 4.15. The van der Waals surface area contributed by atoms with Crippen LogP contribution in [0.4, 0.5) is 0 Å². The molecule has 2 heterocycles. The highest BCUT2D eigenvalue weighted by atomic mass is 32.3. The van der Waals surface area contributed by atoms with Crippen LogP contribution in [0.25, 0.3) is 0 Å². The van der Waals surface area contributed by atoms with Crippen molar-refractivity contribution in [3.8, 4) is 0 Å². The van der Waals surface area contributed by atoms with Gasteiger partial charge in [-0.25, -0.2) is 5.90 Å². The molecule has 2 aliphatic rings. The lowest BCUT2D eigenvalue weighted by Gasteiger charge is -2.43. The van der Waals surface area contributed by atoms with Crippen LogP contribution in [0.2, 0.25) is 0 Å². The standard InChI is InChI=1S/C12H23NO11.9H2O4S/c13-21-2-5-6(16)8(18)9(19)11(22-5)24-12(3-15)10(20)7(17)4(1-14)23-12;9*1-5(2,3)4/h4-11,14-20H,1-3,13H2;9*(H2,1,2,3,4)/t4-,5-,6-,7-,8+,9-,10+,11-,12+;;;;;;;;;/m1........./s1. The van der Waals surface area contributed by atoms with Crippen molar-refractivity contribution < 1.29 is 213 Å². The summed E-state index contributed by atoms with van der Waals surface area (Å²) in [7, 11) is -42.0. The van der Waals surface area contributed by atoms with Crippen molar-refractivity contribution in [3.63, 3.8) is 0 Å². The van der Waals surface area contributed by atoms with Gasteiger partial charge in [0.2, 0.25) is 5.79 Å². The summed E-state index contributed by atoms with van der Waals surface area (Å²) in [4.78, 5) is 4.34. The maximum atomic E-state index is 10.0. The number of aliphatic hydroxyl groups is 7. The van der Waals surface area contributed by atoms with Crippen LogP contribution in [0.1, 0.15) is 0 Å². The monoisotopic (exact) mass is 1240 g/mol. The number of hydrogen-bond acceptors (Lipinski definition) is 30. The third kappa shape index (κ3) is 108. The summed E-state index contributed by atoms with van der Waals surface area (Å²) in [5.41, 5.74) is 0. The van der Waals surface area contributed by atoms with Gasteiger partial charge in [-0.2, -0.15) is 75.8 Å². The minimum absolute atomic E-state index is 0.345. The van der Waals surface area contributed by atoms with E-state index in [1.54, 1.807) is 0 Å². The molecule has 0 saturated carbocycles. The van der Waals surface area contributed by atoms with Gasteiger partial charge < -0.3 is 54.8 Å². The normalized spacial score (nSPS) is 24.8. The molecule has 0 spiro atoms. The van der Waals surface area contributed by atoms with Crippen LogP contribution in [0.15, 0.2) is 0 Å². The Morgan fingerprint density at radius 3 is 0.797 bits per heavy atom. The van der Waals surface area contributed by atoms with Gasteiger partial charge in [0.15, 0.2) is 6.29 Å². The lowest BCUT2D eigenvalue weighted by atomic mass is 9.99. The van der Waals surface area contributed by atoms with Crippen LogP contribution in [-0.4, -0.2) is 268 Å². The third-order valence-electron chi connectivity index (χ3n) is 4.15. The fourth-order valence-corrected chi connectivity index (χ4v) is 2.71. The Morgan fingerprint density at radius 2 is 0.623 bits per heavy atom. The molecule has 0 radical (unpaired) electrons. The average Bonchev–Trinajstić information content (AvgIpc) is 3.20. The number of rotatable bonds is 6. The van der Waals surface area contributed by atoms with Gasteiger partial charge in [-0.1, -0.05) is 0 Å². The summed E-state index contributed by atoms with van der Waals surface area (Å²) in [6, 6.07) is 0. The predicted octanol–water partition coefficient (Wildman–Crippen LogP) is -11.4. The topological polar surface area (TPSA) is 876 Å². The van der Waals surface area contributed by atoms with Gasteiger partial charge in [-0.15, -0.1) is 0 Å². The molecule has 2 rings (SSSR count). The summed E-state index contributed by atoms with van der Waals surface area (Å²) < 4.78 is 300. The van der Waals surface area contributed by atoms with E-state index < -0.39 is 162 Å². The summed E-state index contributed by atoms with van der Waals surface area (Å²) in [6.45, 7) is -1.96. The Labute approximate surface area is 385 Å². The van der Waals surface area contributed by atoms with Crippen molar-refractivity contribution in [3.05, 3.63) is 0 Å². The highest BCUT2D eigenvalue weighted by Crippen LogP contribution is 2.35. The second-order valence-corrected chi connectivity index (χ2v) is 17.8. The lowest BCUT2D eigenvalue weighted by molar-refractivity contribution is -0.384. The van der Waals surface area contributed by atoms with E-state index in [0.717, 1.165) is 0 Å². The fraction of sp³-hybridized carbons (Fsp3) is 1.00. The summed E-state index contributed by atoms with van der Waals surface area (Å²) in [5, 5.41) is 68.1. The minimum Gasteiger partial charge on any atom is -0.394 e. The van der Waals surface area contributed by atoms with Gasteiger partial charge in [-0.3, -0.25) is 81.9 Å². The van der Waals surface area contributed by atoms with E-state index in [4.69, 9.17) is 183 Å². The first-order valence-corrected chi connectivity index (χ1v) is 26.1. The maximum Gasteiger partial charge on any atom is 0.394 e. The van der Waals surface area contributed by atoms with Crippen molar-refractivity contribution in [2.45, 2.75) is 54.8 Å². The van der Waals surface area contributed by atoms with Gasteiger partial charge in [0, 0.05) is 0 Å². The molecule has 0 aromatic carbocycles. The first-order valence-electron chi connectivity index (χ1n) is 13.5.